The van der Waals surface area contributed by atoms with E-state index in [1.807, 2.05) is 22.6 Å². The molecule has 0 radical (unpaired) electrons. The zero-order valence-corrected chi connectivity index (χ0v) is 12.3. The van der Waals surface area contributed by atoms with Gasteiger partial charge in [0.15, 0.2) is 0 Å². The lowest BCUT2D eigenvalue weighted by Crippen LogP contribution is -2.42. The smallest absolute Gasteiger partial charge is 0.267 e. The van der Waals surface area contributed by atoms with Gasteiger partial charge in [-0.15, -0.1) is 0 Å². The van der Waals surface area contributed by atoms with Crippen molar-refractivity contribution >= 4 is 34.4 Å². The highest BCUT2D eigenvalue weighted by molar-refractivity contribution is 14.1. The number of carbonyl (C=O) groups excluding carboxylic acids is 2. The molecule has 2 rings (SSSR count). The van der Waals surface area contributed by atoms with Crippen LogP contribution in [0, 0.1) is 9.39 Å². The maximum atomic E-state index is 13.4. The Balaban J connectivity index is 2.03. The SMILES string of the molecule is O=C(NNC(=O)c1ccccc1I)c1ccccc1F. The second kappa shape index (κ2) is 6.47. The van der Waals surface area contributed by atoms with E-state index in [2.05, 4.69) is 10.9 Å². The number of rotatable bonds is 2. The minimum absolute atomic E-state index is 0.129. The van der Waals surface area contributed by atoms with E-state index in [0.29, 0.717) is 5.56 Å². The summed E-state index contributed by atoms with van der Waals surface area (Å²) < 4.78 is 14.1. The number of nitrogens with one attached hydrogen (secondary N) is 2. The summed E-state index contributed by atoms with van der Waals surface area (Å²) >= 11 is 2.02. The van der Waals surface area contributed by atoms with Gasteiger partial charge < -0.3 is 0 Å². The van der Waals surface area contributed by atoms with Crippen molar-refractivity contribution in [2.24, 2.45) is 0 Å². The molecule has 0 fully saturated rings. The minimum atomic E-state index is -0.706. The van der Waals surface area contributed by atoms with Crippen LogP contribution in [0.2, 0.25) is 0 Å². The molecular formula is C14H10FIN2O2. The molecule has 20 heavy (non-hydrogen) atoms. The summed E-state index contributed by atoms with van der Waals surface area (Å²) in [5.41, 5.74) is 4.74. The first kappa shape index (κ1) is 14.4. The largest absolute Gasteiger partial charge is 0.272 e. The Morgan fingerprint density at radius 1 is 0.850 bits per heavy atom. The average molecular weight is 384 g/mol. The molecule has 0 aliphatic heterocycles. The molecule has 0 aliphatic carbocycles. The minimum Gasteiger partial charge on any atom is -0.267 e. The normalized spacial score (nSPS) is 9.90. The molecule has 2 aromatic carbocycles. The topological polar surface area (TPSA) is 58.2 Å². The summed E-state index contributed by atoms with van der Waals surface area (Å²) in [7, 11) is 0. The van der Waals surface area contributed by atoms with Crippen molar-refractivity contribution in [2.45, 2.75) is 0 Å². The predicted octanol–water partition coefficient (Wildman–Crippen LogP) is 2.51. The highest BCUT2D eigenvalue weighted by Crippen LogP contribution is 2.11. The monoisotopic (exact) mass is 384 g/mol. The van der Waals surface area contributed by atoms with E-state index in [1.54, 1.807) is 30.3 Å². The van der Waals surface area contributed by atoms with Crippen LogP contribution >= 0.6 is 22.6 Å². The molecule has 0 heterocycles. The van der Waals surface area contributed by atoms with Crippen LogP contribution in [-0.4, -0.2) is 11.8 Å². The van der Waals surface area contributed by atoms with Gasteiger partial charge in [0.25, 0.3) is 11.8 Å². The summed E-state index contributed by atoms with van der Waals surface area (Å²) in [4.78, 5) is 23.6. The molecule has 2 aromatic rings. The molecule has 0 aliphatic rings. The van der Waals surface area contributed by atoms with Crippen molar-refractivity contribution in [3.05, 3.63) is 69.0 Å². The summed E-state index contributed by atoms with van der Waals surface area (Å²) in [5, 5.41) is 0. The van der Waals surface area contributed by atoms with Crippen LogP contribution in [0.15, 0.2) is 48.5 Å². The Kier molecular flexibility index (Phi) is 4.67. The maximum Gasteiger partial charge on any atom is 0.272 e. The van der Waals surface area contributed by atoms with Crippen molar-refractivity contribution in [3.63, 3.8) is 0 Å². The van der Waals surface area contributed by atoms with E-state index in [0.717, 1.165) is 3.57 Å². The quantitative estimate of drug-likeness (QED) is 0.618. The molecule has 0 aromatic heterocycles. The number of benzene rings is 2. The number of hydrogen-bond donors (Lipinski definition) is 2. The van der Waals surface area contributed by atoms with Crippen molar-refractivity contribution in [1.82, 2.24) is 10.9 Å². The van der Waals surface area contributed by atoms with Crippen molar-refractivity contribution < 1.29 is 14.0 Å². The zero-order valence-electron chi connectivity index (χ0n) is 10.2. The number of hydrazine groups is 1. The standard InChI is InChI=1S/C14H10FIN2O2/c15-11-7-3-1-5-9(11)13(19)17-18-14(20)10-6-2-4-8-12(10)16/h1-8H,(H,17,19)(H,18,20). The van der Waals surface area contributed by atoms with E-state index in [9.17, 15) is 14.0 Å². The Morgan fingerprint density at radius 3 is 1.95 bits per heavy atom. The second-order valence-corrected chi connectivity index (χ2v) is 5.03. The van der Waals surface area contributed by atoms with Gasteiger partial charge in [-0.2, -0.15) is 0 Å². The number of carbonyl (C=O) groups is 2. The van der Waals surface area contributed by atoms with E-state index in [-0.39, 0.29) is 5.56 Å². The summed E-state index contributed by atoms with van der Waals surface area (Å²) in [5.74, 6) is -1.81. The van der Waals surface area contributed by atoms with Crippen LogP contribution in [0.3, 0.4) is 0 Å². The zero-order chi connectivity index (χ0) is 14.5. The Morgan fingerprint density at radius 2 is 1.35 bits per heavy atom. The van der Waals surface area contributed by atoms with Crippen LogP contribution in [-0.2, 0) is 0 Å². The lowest BCUT2D eigenvalue weighted by molar-refractivity contribution is 0.0844. The van der Waals surface area contributed by atoms with Crippen LogP contribution in [0.4, 0.5) is 4.39 Å². The summed E-state index contributed by atoms with van der Waals surface area (Å²) in [6, 6.07) is 12.5. The van der Waals surface area contributed by atoms with Gasteiger partial charge in [-0.05, 0) is 46.9 Å². The molecule has 4 nitrogen and oxygen atoms in total. The van der Waals surface area contributed by atoms with Gasteiger partial charge >= 0.3 is 0 Å². The summed E-state index contributed by atoms with van der Waals surface area (Å²) in [6.45, 7) is 0. The summed E-state index contributed by atoms with van der Waals surface area (Å²) in [6.07, 6.45) is 0. The number of hydrogen-bond acceptors (Lipinski definition) is 2. The predicted molar refractivity (Wildman–Crippen MR) is 80.5 cm³/mol. The fourth-order valence-electron chi connectivity index (χ4n) is 1.54. The first-order valence-corrected chi connectivity index (χ1v) is 6.77. The molecule has 102 valence electrons. The molecule has 0 atom stereocenters. The van der Waals surface area contributed by atoms with Crippen LogP contribution in [0.1, 0.15) is 20.7 Å². The lowest BCUT2D eigenvalue weighted by atomic mass is 10.2. The molecule has 0 bridgehead atoms. The van der Waals surface area contributed by atoms with Crippen molar-refractivity contribution in [2.75, 3.05) is 0 Å². The highest BCUT2D eigenvalue weighted by atomic mass is 127. The third-order valence-corrected chi connectivity index (χ3v) is 3.47. The molecule has 0 saturated heterocycles. The Bertz CT molecular complexity index is 604. The molecular weight excluding hydrogens is 374 g/mol. The van der Waals surface area contributed by atoms with Gasteiger partial charge in [0.1, 0.15) is 5.82 Å². The first-order valence-electron chi connectivity index (χ1n) is 5.69. The lowest BCUT2D eigenvalue weighted by Gasteiger charge is -2.08. The first-order chi connectivity index (χ1) is 9.59. The van der Waals surface area contributed by atoms with Gasteiger partial charge in [0, 0.05) is 3.57 Å². The van der Waals surface area contributed by atoms with Gasteiger partial charge in [0.2, 0.25) is 0 Å². The van der Waals surface area contributed by atoms with Crippen LogP contribution in [0.5, 0.6) is 0 Å². The third-order valence-electron chi connectivity index (χ3n) is 2.53. The third kappa shape index (κ3) is 3.32. The molecule has 0 spiro atoms. The molecule has 0 unspecified atom stereocenters. The Labute approximate surface area is 128 Å². The van der Waals surface area contributed by atoms with Crippen molar-refractivity contribution in [3.8, 4) is 0 Å². The van der Waals surface area contributed by atoms with E-state index in [4.69, 9.17) is 0 Å². The molecule has 6 heteroatoms. The molecule has 2 amide bonds. The fourth-order valence-corrected chi connectivity index (χ4v) is 2.17. The van der Waals surface area contributed by atoms with Gasteiger partial charge in [-0.25, -0.2) is 4.39 Å². The van der Waals surface area contributed by atoms with Gasteiger partial charge in [-0.3, -0.25) is 20.4 Å². The average Bonchev–Trinajstić information content (AvgIpc) is 2.45. The van der Waals surface area contributed by atoms with E-state index >= 15 is 0 Å². The molecule has 0 saturated carbocycles. The Hall–Kier alpha value is -1.96. The number of amides is 2. The van der Waals surface area contributed by atoms with Crippen LogP contribution < -0.4 is 10.9 Å². The number of halogens is 2. The second-order valence-electron chi connectivity index (χ2n) is 3.87. The van der Waals surface area contributed by atoms with Gasteiger partial charge in [-0.1, -0.05) is 24.3 Å². The highest BCUT2D eigenvalue weighted by Gasteiger charge is 2.13. The van der Waals surface area contributed by atoms with Gasteiger partial charge in [0.05, 0.1) is 11.1 Å². The van der Waals surface area contributed by atoms with E-state index in [1.165, 1.54) is 18.2 Å². The fraction of sp³-hybridized carbons (Fsp3) is 0. The molecule has 2 N–H and O–H groups in total. The van der Waals surface area contributed by atoms with Crippen LogP contribution in [0.25, 0.3) is 0 Å². The maximum absolute atomic E-state index is 13.4. The van der Waals surface area contributed by atoms with E-state index < -0.39 is 17.6 Å². The van der Waals surface area contributed by atoms with Crippen molar-refractivity contribution in [1.29, 1.82) is 0 Å².